The molecule has 0 spiro atoms. The van der Waals surface area contributed by atoms with Crippen molar-refractivity contribution in [3.8, 4) is 5.75 Å². The first-order valence-electron chi connectivity index (χ1n) is 5.70. The van der Waals surface area contributed by atoms with Crippen molar-refractivity contribution in [2.24, 2.45) is 0 Å². The summed E-state index contributed by atoms with van der Waals surface area (Å²) < 4.78 is 5.43. The molecule has 0 aliphatic rings. The molecule has 0 bridgehead atoms. The molecule has 5 nitrogen and oxygen atoms in total. The van der Waals surface area contributed by atoms with Crippen LogP contribution in [0.5, 0.6) is 5.75 Å². The highest BCUT2D eigenvalue weighted by Gasteiger charge is 2.22. The second kappa shape index (κ2) is 6.64. The monoisotopic (exact) mass is 251 g/mol. The molecular weight excluding hydrogens is 234 g/mol. The standard InChI is InChI=1S/C13H17NO4/c1-10(13(16)17)14(11(2)15)8-9-18-12-6-4-3-5-7-12/h3-7,10H,8-9H2,1-2H3,(H,16,17). The first kappa shape index (κ1) is 14.0. The fourth-order valence-electron chi connectivity index (χ4n) is 1.54. The molecule has 1 aromatic rings. The third kappa shape index (κ3) is 4.08. The molecule has 98 valence electrons. The number of aliphatic carboxylic acids is 1. The van der Waals surface area contributed by atoms with Crippen molar-refractivity contribution in [1.82, 2.24) is 4.90 Å². The van der Waals surface area contributed by atoms with Crippen LogP contribution in [0.4, 0.5) is 0 Å². The molecule has 0 heterocycles. The van der Waals surface area contributed by atoms with Crippen molar-refractivity contribution < 1.29 is 19.4 Å². The molecule has 0 saturated heterocycles. The number of hydrogen-bond donors (Lipinski definition) is 1. The van der Waals surface area contributed by atoms with E-state index in [1.54, 1.807) is 12.1 Å². The van der Waals surface area contributed by atoms with E-state index in [4.69, 9.17) is 9.84 Å². The lowest BCUT2D eigenvalue weighted by Gasteiger charge is -2.25. The molecule has 1 unspecified atom stereocenters. The average molecular weight is 251 g/mol. The maximum Gasteiger partial charge on any atom is 0.326 e. The maximum absolute atomic E-state index is 11.3. The Morgan fingerprint density at radius 2 is 1.94 bits per heavy atom. The number of amides is 1. The Labute approximate surface area is 106 Å². The van der Waals surface area contributed by atoms with Crippen molar-refractivity contribution in [2.75, 3.05) is 13.2 Å². The summed E-state index contributed by atoms with van der Waals surface area (Å²) in [6.45, 7) is 3.34. The van der Waals surface area contributed by atoms with E-state index in [1.165, 1.54) is 18.7 Å². The van der Waals surface area contributed by atoms with Gasteiger partial charge in [-0.1, -0.05) is 18.2 Å². The van der Waals surface area contributed by atoms with Gasteiger partial charge in [-0.05, 0) is 19.1 Å². The van der Waals surface area contributed by atoms with Gasteiger partial charge in [0.05, 0.1) is 6.54 Å². The highest BCUT2D eigenvalue weighted by atomic mass is 16.5. The molecule has 0 aliphatic heterocycles. The second-order valence-electron chi connectivity index (χ2n) is 3.89. The zero-order valence-electron chi connectivity index (χ0n) is 10.5. The summed E-state index contributed by atoms with van der Waals surface area (Å²) in [5.74, 6) is -0.601. The molecule has 0 radical (unpaired) electrons. The predicted molar refractivity (Wildman–Crippen MR) is 66.4 cm³/mol. The van der Waals surface area contributed by atoms with Gasteiger partial charge in [-0.15, -0.1) is 0 Å². The number of carbonyl (C=O) groups excluding carboxylic acids is 1. The number of carbonyl (C=O) groups is 2. The summed E-state index contributed by atoms with van der Waals surface area (Å²) in [5, 5.41) is 8.88. The second-order valence-corrected chi connectivity index (χ2v) is 3.89. The molecule has 0 saturated carbocycles. The molecule has 0 aromatic heterocycles. The molecule has 0 fully saturated rings. The van der Waals surface area contributed by atoms with Crippen LogP contribution in [0.15, 0.2) is 30.3 Å². The lowest BCUT2D eigenvalue weighted by Crippen LogP contribution is -2.44. The zero-order valence-corrected chi connectivity index (χ0v) is 10.5. The first-order chi connectivity index (χ1) is 8.52. The van der Waals surface area contributed by atoms with Gasteiger partial charge < -0.3 is 14.7 Å². The van der Waals surface area contributed by atoms with E-state index in [0.717, 1.165) is 0 Å². The molecule has 1 amide bonds. The van der Waals surface area contributed by atoms with Gasteiger partial charge in [-0.2, -0.15) is 0 Å². The van der Waals surface area contributed by atoms with Gasteiger partial charge in [-0.25, -0.2) is 4.79 Å². The molecule has 1 rings (SSSR count). The third-order valence-electron chi connectivity index (χ3n) is 2.57. The highest BCUT2D eigenvalue weighted by molar-refractivity contribution is 5.81. The Kier molecular flexibility index (Phi) is 5.17. The van der Waals surface area contributed by atoms with E-state index in [9.17, 15) is 9.59 Å². The van der Waals surface area contributed by atoms with Crippen LogP contribution in [0.2, 0.25) is 0 Å². The van der Waals surface area contributed by atoms with Crippen LogP contribution in [-0.4, -0.2) is 41.1 Å². The van der Waals surface area contributed by atoms with Crippen molar-refractivity contribution in [1.29, 1.82) is 0 Å². The van der Waals surface area contributed by atoms with E-state index in [2.05, 4.69) is 0 Å². The molecule has 1 N–H and O–H groups in total. The number of hydrogen-bond acceptors (Lipinski definition) is 3. The first-order valence-corrected chi connectivity index (χ1v) is 5.70. The van der Waals surface area contributed by atoms with E-state index in [0.29, 0.717) is 5.75 Å². The van der Waals surface area contributed by atoms with Gasteiger partial charge in [-0.3, -0.25) is 4.79 Å². The van der Waals surface area contributed by atoms with Crippen LogP contribution in [0.3, 0.4) is 0 Å². The smallest absolute Gasteiger partial charge is 0.326 e. The van der Waals surface area contributed by atoms with Crippen molar-refractivity contribution in [3.63, 3.8) is 0 Å². The van der Waals surface area contributed by atoms with Crippen molar-refractivity contribution in [3.05, 3.63) is 30.3 Å². The molecule has 1 aromatic carbocycles. The number of carboxylic acids is 1. The SMILES string of the molecule is CC(=O)N(CCOc1ccccc1)C(C)C(=O)O. The third-order valence-corrected chi connectivity index (χ3v) is 2.57. The van der Waals surface area contributed by atoms with E-state index >= 15 is 0 Å². The number of benzene rings is 1. The Hall–Kier alpha value is -2.04. The average Bonchev–Trinajstić information content (AvgIpc) is 2.34. The van der Waals surface area contributed by atoms with Crippen LogP contribution >= 0.6 is 0 Å². The minimum Gasteiger partial charge on any atom is -0.492 e. The van der Waals surface area contributed by atoms with Gasteiger partial charge in [0.15, 0.2) is 0 Å². The van der Waals surface area contributed by atoms with Gasteiger partial charge >= 0.3 is 5.97 Å². The summed E-state index contributed by atoms with van der Waals surface area (Å²) in [6.07, 6.45) is 0. The summed E-state index contributed by atoms with van der Waals surface area (Å²) in [4.78, 5) is 23.5. The van der Waals surface area contributed by atoms with E-state index in [-0.39, 0.29) is 19.1 Å². The predicted octanol–water partition coefficient (Wildman–Crippen LogP) is 1.39. The Balaban J connectivity index is 2.48. The van der Waals surface area contributed by atoms with Crippen LogP contribution < -0.4 is 4.74 Å². The van der Waals surface area contributed by atoms with Gasteiger partial charge in [0.1, 0.15) is 18.4 Å². The molecule has 0 aliphatic carbocycles. The fourth-order valence-corrected chi connectivity index (χ4v) is 1.54. The van der Waals surface area contributed by atoms with Gasteiger partial charge in [0, 0.05) is 6.92 Å². The minimum absolute atomic E-state index is 0.248. The van der Waals surface area contributed by atoms with E-state index in [1.807, 2.05) is 18.2 Å². The van der Waals surface area contributed by atoms with Crippen molar-refractivity contribution in [2.45, 2.75) is 19.9 Å². The summed E-state index contributed by atoms with van der Waals surface area (Å²) in [6, 6.07) is 8.33. The molecule has 1 atom stereocenters. The van der Waals surface area contributed by atoms with Gasteiger partial charge in [0.25, 0.3) is 0 Å². The molecule has 5 heteroatoms. The Morgan fingerprint density at radius 1 is 1.33 bits per heavy atom. The lowest BCUT2D eigenvalue weighted by molar-refractivity contribution is -0.148. The van der Waals surface area contributed by atoms with Crippen LogP contribution in [0.25, 0.3) is 0 Å². The highest BCUT2D eigenvalue weighted by Crippen LogP contribution is 2.08. The number of rotatable bonds is 6. The quantitative estimate of drug-likeness (QED) is 0.829. The normalized spacial score (nSPS) is 11.7. The van der Waals surface area contributed by atoms with E-state index < -0.39 is 12.0 Å². The fraction of sp³-hybridized carbons (Fsp3) is 0.385. The van der Waals surface area contributed by atoms with Crippen LogP contribution in [-0.2, 0) is 9.59 Å². The largest absolute Gasteiger partial charge is 0.492 e. The Bertz CT molecular complexity index is 405. The summed E-state index contributed by atoms with van der Waals surface area (Å²) in [5.41, 5.74) is 0. The number of para-hydroxylation sites is 1. The topological polar surface area (TPSA) is 66.8 Å². The van der Waals surface area contributed by atoms with Crippen molar-refractivity contribution >= 4 is 11.9 Å². The van der Waals surface area contributed by atoms with Gasteiger partial charge in [0.2, 0.25) is 5.91 Å². The zero-order chi connectivity index (χ0) is 13.5. The molecule has 18 heavy (non-hydrogen) atoms. The summed E-state index contributed by atoms with van der Waals surface area (Å²) in [7, 11) is 0. The Morgan fingerprint density at radius 3 is 2.44 bits per heavy atom. The number of nitrogens with zero attached hydrogens (tertiary/aromatic N) is 1. The van der Waals surface area contributed by atoms with Crippen LogP contribution in [0.1, 0.15) is 13.8 Å². The number of carboxylic acid groups (broad SMARTS) is 1. The maximum atomic E-state index is 11.3. The lowest BCUT2D eigenvalue weighted by atomic mass is 10.3. The van der Waals surface area contributed by atoms with Crippen LogP contribution in [0, 0.1) is 0 Å². The minimum atomic E-state index is -1.02. The number of ether oxygens (including phenoxy) is 1. The molecular formula is C13H17NO4. The summed E-state index contributed by atoms with van der Waals surface area (Å²) >= 11 is 0.